The van der Waals surface area contributed by atoms with Crippen molar-refractivity contribution in [3.8, 4) is 5.69 Å². The molecule has 140 valence electrons. The lowest BCUT2D eigenvalue weighted by Crippen LogP contribution is -2.27. The molecule has 28 heavy (non-hydrogen) atoms. The van der Waals surface area contributed by atoms with Crippen LogP contribution in [0.5, 0.6) is 0 Å². The Bertz CT molecular complexity index is 1150. The summed E-state index contributed by atoms with van der Waals surface area (Å²) in [4.78, 5) is 33.1. The van der Waals surface area contributed by atoms with E-state index in [1.165, 1.54) is 17.1 Å². The van der Waals surface area contributed by atoms with Crippen LogP contribution in [-0.4, -0.2) is 30.2 Å². The first kappa shape index (κ1) is 17.6. The summed E-state index contributed by atoms with van der Waals surface area (Å²) in [5.41, 5.74) is 2.03. The van der Waals surface area contributed by atoms with Gasteiger partial charge in [-0.05, 0) is 23.8 Å². The standard InChI is InChI=1S/C20H18N6O2/c27-18(22-12-15-5-4-9-21-11-15)8-10-25-14-23-19-17(20(25)28)13-24-26(19)16-6-2-1-3-7-16/h1-7,9,11,13-14H,8,10,12H2,(H,22,27). The van der Waals surface area contributed by atoms with Gasteiger partial charge in [0.25, 0.3) is 5.56 Å². The Hall–Kier alpha value is -3.81. The molecule has 1 aromatic carbocycles. The molecule has 3 heterocycles. The van der Waals surface area contributed by atoms with Gasteiger partial charge in [-0.1, -0.05) is 24.3 Å². The van der Waals surface area contributed by atoms with Crippen LogP contribution in [0.2, 0.25) is 0 Å². The van der Waals surface area contributed by atoms with Crippen LogP contribution < -0.4 is 10.9 Å². The number of fused-ring (bicyclic) bond motifs is 1. The molecule has 0 saturated carbocycles. The first-order chi connectivity index (χ1) is 13.7. The van der Waals surface area contributed by atoms with Gasteiger partial charge < -0.3 is 5.32 Å². The smallest absolute Gasteiger partial charge is 0.264 e. The number of hydrogen-bond acceptors (Lipinski definition) is 5. The van der Waals surface area contributed by atoms with Gasteiger partial charge in [0.05, 0.1) is 18.2 Å². The second kappa shape index (κ2) is 7.83. The van der Waals surface area contributed by atoms with Crippen molar-refractivity contribution in [1.82, 2.24) is 29.6 Å². The molecule has 0 fully saturated rings. The highest BCUT2D eigenvalue weighted by Crippen LogP contribution is 2.12. The van der Waals surface area contributed by atoms with Gasteiger partial charge in [0.15, 0.2) is 5.65 Å². The van der Waals surface area contributed by atoms with Crippen LogP contribution in [0.1, 0.15) is 12.0 Å². The number of nitrogens with one attached hydrogen (secondary N) is 1. The lowest BCUT2D eigenvalue weighted by molar-refractivity contribution is -0.121. The zero-order chi connectivity index (χ0) is 19.3. The number of amides is 1. The van der Waals surface area contributed by atoms with Crippen molar-refractivity contribution in [2.75, 3.05) is 0 Å². The van der Waals surface area contributed by atoms with Crippen LogP contribution in [0.25, 0.3) is 16.7 Å². The van der Waals surface area contributed by atoms with Gasteiger partial charge in [0, 0.05) is 31.9 Å². The van der Waals surface area contributed by atoms with Crippen LogP contribution in [-0.2, 0) is 17.9 Å². The average Bonchev–Trinajstić information content (AvgIpc) is 3.18. The number of carbonyl (C=O) groups is 1. The van der Waals surface area contributed by atoms with E-state index in [9.17, 15) is 9.59 Å². The highest BCUT2D eigenvalue weighted by molar-refractivity contribution is 5.76. The molecule has 0 aliphatic rings. The van der Waals surface area contributed by atoms with Crippen LogP contribution in [0.15, 0.2) is 72.2 Å². The van der Waals surface area contributed by atoms with Gasteiger partial charge in [-0.2, -0.15) is 5.10 Å². The van der Waals surface area contributed by atoms with E-state index < -0.39 is 0 Å². The van der Waals surface area contributed by atoms with Crippen LogP contribution in [0.4, 0.5) is 0 Å². The summed E-state index contributed by atoms with van der Waals surface area (Å²) in [6, 6.07) is 13.2. The Kier molecular flexibility index (Phi) is 4.92. The first-order valence-corrected chi connectivity index (χ1v) is 8.86. The monoisotopic (exact) mass is 374 g/mol. The van der Waals surface area contributed by atoms with Crippen LogP contribution >= 0.6 is 0 Å². The maximum Gasteiger partial charge on any atom is 0.264 e. The SMILES string of the molecule is O=C(CCn1cnc2c(cnn2-c2ccccc2)c1=O)NCc1cccnc1. The third kappa shape index (κ3) is 3.66. The van der Waals surface area contributed by atoms with Crippen LogP contribution in [0.3, 0.4) is 0 Å². The lowest BCUT2D eigenvalue weighted by atomic mass is 10.3. The quantitative estimate of drug-likeness (QED) is 0.554. The molecule has 4 aromatic rings. The summed E-state index contributed by atoms with van der Waals surface area (Å²) in [6.07, 6.45) is 6.53. The molecule has 8 heteroatoms. The number of nitrogens with zero attached hydrogens (tertiary/aromatic N) is 5. The summed E-state index contributed by atoms with van der Waals surface area (Å²) < 4.78 is 3.06. The van der Waals surface area contributed by atoms with E-state index in [-0.39, 0.29) is 24.4 Å². The lowest BCUT2D eigenvalue weighted by Gasteiger charge is -2.07. The molecule has 1 amide bonds. The minimum atomic E-state index is -0.216. The largest absolute Gasteiger partial charge is 0.352 e. The number of carbonyl (C=O) groups excluding carboxylic acids is 1. The third-order valence-electron chi connectivity index (χ3n) is 4.35. The number of rotatable bonds is 6. The summed E-state index contributed by atoms with van der Waals surface area (Å²) in [6.45, 7) is 0.653. The summed E-state index contributed by atoms with van der Waals surface area (Å²) in [5, 5.41) is 7.52. The second-order valence-corrected chi connectivity index (χ2v) is 6.26. The molecule has 8 nitrogen and oxygen atoms in total. The predicted octanol–water partition coefficient (Wildman–Crippen LogP) is 1.68. The molecule has 0 atom stereocenters. The van der Waals surface area contributed by atoms with Gasteiger partial charge >= 0.3 is 0 Å². The molecule has 0 aliphatic heterocycles. The summed E-state index contributed by atoms with van der Waals surface area (Å²) in [7, 11) is 0. The number of aromatic nitrogens is 5. The highest BCUT2D eigenvalue weighted by atomic mass is 16.1. The molecule has 0 saturated heterocycles. The van der Waals surface area contributed by atoms with E-state index in [4.69, 9.17) is 0 Å². The molecule has 0 aliphatic carbocycles. The summed E-state index contributed by atoms with van der Waals surface area (Å²) >= 11 is 0. The van der Waals surface area contributed by atoms with Crippen molar-refractivity contribution in [1.29, 1.82) is 0 Å². The van der Waals surface area contributed by atoms with Gasteiger partial charge in [0.2, 0.25) is 5.91 Å². The van der Waals surface area contributed by atoms with Crippen molar-refractivity contribution in [2.24, 2.45) is 0 Å². The molecule has 0 radical (unpaired) electrons. The third-order valence-corrected chi connectivity index (χ3v) is 4.35. The fourth-order valence-corrected chi connectivity index (χ4v) is 2.88. The Balaban J connectivity index is 1.45. The van der Waals surface area contributed by atoms with Crippen molar-refractivity contribution in [2.45, 2.75) is 19.5 Å². The number of benzene rings is 1. The molecule has 0 unspecified atom stereocenters. The van der Waals surface area contributed by atoms with E-state index in [0.717, 1.165) is 11.3 Å². The number of hydrogen-bond donors (Lipinski definition) is 1. The Morgan fingerprint density at radius 2 is 1.93 bits per heavy atom. The Labute approximate surface area is 160 Å². The minimum absolute atomic E-state index is 0.143. The number of pyridine rings is 1. The Morgan fingerprint density at radius 1 is 1.07 bits per heavy atom. The van der Waals surface area contributed by atoms with E-state index >= 15 is 0 Å². The Morgan fingerprint density at radius 3 is 2.71 bits per heavy atom. The van der Waals surface area contributed by atoms with Gasteiger partial charge in [-0.15, -0.1) is 0 Å². The van der Waals surface area contributed by atoms with E-state index in [1.54, 1.807) is 17.1 Å². The fraction of sp³-hybridized carbons (Fsp3) is 0.150. The van der Waals surface area contributed by atoms with Crippen LogP contribution in [0, 0.1) is 0 Å². The summed E-state index contributed by atoms with van der Waals surface area (Å²) in [5.74, 6) is -0.143. The molecule has 0 spiro atoms. The van der Waals surface area contributed by atoms with E-state index in [1.807, 2.05) is 42.5 Å². The fourth-order valence-electron chi connectivity index (χ4n) is 2.88. The van der Waals surface area contributed by atoms with E-state index in [0.29, 0.717) is 17.6 Å². The van der Waals surface area contributed by atoms with Crippen molar-refractivity contribution >= 4 is 16.9 Å². The molecular formula is C20H18N6O2. The highest BCUT2D eigenvalue weighted by Gasteiger charge is 2.12. The normalized spacial score (nSPS) is 10.9. The number of aryl methyl sites for hydroxylation is 1. The van der Waals surface area contributed by atoms with Gasteiger partial charge in [0.1, 0.15) is 5.39 Å². The topological polar surface area (TPSA) is 94.7 Å². The van der Waals surface area contributed by atoms with Crippen molar-refractivity contribution in [3.05, 3.63) is 83.3 Å². The number of para-hydroxylation sites is 1. The molecule has 0 bridgehead atoms. The molecule has 3 aromatic heterocycles. The second-order valence-electron chi connectivity index (χ2n) is 6.26. The zero-order valence-corrected chi connectivity index (χ0v) is 15.0. The minimum Gasteiger partial charge on any atom is -0.352 e. The predicted molar refractivity (Wildman–Crippen MR) is 104 cm³/mol. The first-order valence-electron chi connectivity index (χ1n) is 8.86. The maximum atomic E-state index is 12.7. The average molecular weight is 374 g/mol. The van der Waals surface area contributed by atoms with Crippen molar-refractivity contribution in [3.63, 3.8) is 0 Å². The zero-order valence-electron chi connectivity index (χ0n) is 15.0. The van der Waals surface area contributed by atoms with Gasteiger partial charge in [-0.25, -0.2) is 9.67 Å². The van der Waals surface area contributed by atoms with Crippen molar-refractivity contribution < 1.29 is 4.79 Å². The van der Waals surface area contributed by atoms with E-state index in [2.05, 4.69) is 20.4 Å². The van der Waals surface area contributed by atoms with Gasteiger partial charge in [-0.3, -0.25) is 19.1 Å². The molecule has 1 N–H and O–H groups in total. The molecular weight excluding hydrogens is 356 g/mol. The molecule has 4 rings (SSSR count). The maximum absolute atomic E-state index is 12.7.